The third-order valence-electron chi connectivity index (χ3n) is 2.89. The van der Waals surface area contributed by atoms with E-state index in [9.17, 15) is 0 Å². The molecule has 1 aromatic heterocycles. The summed E-state index contributed by atoms with van der Waals surface area (Å²) in [6.07, 6.45) is 0. The number of methoxy groups -OCH3 is 1. The summed E-state index contributed by atoms with van der Waals surface area (Å²) in [5, 5.41) is 8.53. The molecule has 0 unspecified atom stereocenters. The summed E-state index contributed by atoms with van der Waals surface area (Å²) in [4.78, 5) is 0. The highest BCUT2D eigenvalue weighted by molar-refractivity contribution is 9.10. The predicted molar refractivity (Wildman–Crippen MR) is 75.8 cm³/mol. The lowest BCUT2D eigenvalue weighted by atomic mass is 10.1. The van der Waals surface area contributed by atoms with E-state index in [1.165, 1.54) is 0 Å². The smallest absolute Gasteiger partial charge is 0.118 e. The zero-order valence-corrected chi connectivity index (χ0v) is 11.4. The van der Waals surface area contributed by atoms with Crippen molar-refractivity contribution in [3.63, 3.8) is 0 Å². The van der Waals surface area contributed by atoms with Crippen molar-refractivity contribution in [2.75, 3.05) is 7.11 Å². The molecule has 1 heterocycles. The Morgan fingerprint density at radius 3 is 2.61 bits per heavy atom. The molecule has 0 saturated heterocycles. The number of nitrogens with zero attached hydrogens (tertiary/aromatic N) is 1. The highest BCUT2D eigenvalue weighted by Gasteiger charge is 2.08. The van der Waals surface area contributed by atoms with Crippen molar-refractivity contribution in [2.45, 2.75) is 0 Å². The van der Waals surface area contributed by atoms with Crippen LogP contribution in [0.25, 0.3) is 22.2 Å². The van der Waals surface area contributed by atoms with Crippen molar-refractivity contribution in [1.29, 1.82) is 0 Å². The summed E-state index contributed by atoms with van der Waals surface area (Å²) in [6, 6.07) is 14.0. The van der Waals surface area contributed by atoms with Gasteiger partial charge in [0.15, 0.2) is 0 Å². The van der Waals surface area contributed by atoms with E-state index in [4.69, 9.17) is 4.74 Å². The topological polar surface area (TPSA) is 37.9 Å². The van der Waals surface area contributed by atoms with E-state index in [1.54, 1.807) is 7.11 Å². The van der Waals surface area contributed by atoms with Gasteiger partial charge < -0.3 is 4.74 Å². The van der Waals surface area contributed by atoms with Crippen LogP contribution in [0.15, 0.2) is 46.9 Å². The van der Waals surface area contributed by atoms with Crippen molar-refractivity contribution < 1.29 is 4.74 Å². The highest BCUT2D eigenvalue weighted by Crippen LogP contribution is 2.29. The summed E-state index contributed by atoms with van der Waals surface area (Å²) in [5.74, 6) is 0.848. The molecular formula is C14H11BrN2O. The Morgan fingerprint density at radius 1 is 1.11 bits per heavy atom. The van der Waals surface area contributed by atoms with Crippen molar-refractivity contribution in [3.8, 4) is 17.0 Å². The molecule has 0 bridgehead atoms. The van der Waals surface area contributed by atoms with Gasteiger partial charge in [-0.15, -0.1) is 0 Å². The molecule has 0 atom stereocenters. The minimum absolute atomic E-state index is 0.848. The van der Waals surface area contributed by atoms with Crippen molar-refractivity contribution in [1.82, 2.24) is 10.2 Å². The molecule has 0 spiro atoms. The minimum atomic E-state index is 0.848. The van der Waals surface area contributed by atoms with Gasteiger partial charge in [-0.25, -0.2) is 0 Å². The second kappa shape index (κ2) is 4.46. The quantitative estimate of drug-likeness (QED) is 0.777. The number of fused-ring (bicyclic) bond motifs is 1. The monoisotopic (exact) mass is 302 g/mol. The Bertz CT molecular complexity index is 689. The average molecular weight is 303 g/mol. The van der Waals surface area contributed by atoms with Gasteiger partial charge in [0.1, 0.15) is 5.75 Å². The van der Waals surface area contributed by atoms with Gasteiger partial charge in [0, 0.05) is 15.4 Å². The normalized spacial score (nSPS) is 10.8. The van der Waals surface area contributed by atoms with Gasteiger partial charge >= 0.3 is 0 Å². The van der Waals surface area contributed by atoms with Crippen LogP contribution in [-0.2, 0) is 0 Å². The standard InChI is InChI=1S/C14H11BrN2O/c1-18-11-5-2-9(3-6-11)14-12-7-4-10(15)8-13(12)16-17-14/h2-8H,1H3,(H,16,17). The lowest BCUT2D eigenvalue weighted by molar-refractivity contribution is 0.415. The van der Waals surface area contributed by atoms with Gasteiger partial charge in [-0.2, -0.15) is 5.10 Å². The third-order valence-corrected chi connectivity index (χ3v) is 3.38. The molecule has 90 valence electrons. The Morgan fingerprint density at radius 2 is 1.89 bits per heavy atom. The molecule has 3 rings (SSSR count). The Kier molecular flexibility index (Phi) is 2.80. The first-order valence-corrected chi connectivity index (χ1v) is 6.35. The number of nitrogens with one attached hydrogen (secondary N) is 1. The molecule has 0 aliphatic rings. The van der Waals surface area contributed by atoms with Crippen LogP contribution < -0.4 is 4.74 Å². The van der Waals surface area contributed by atoms with E-state index in [0.29, 0.717) is 0 Å². The fourth-order valence-corrected chi connectivity index (χ4v) is 2.32. The maximum atomic E-state index is 5.16. The van der Waals surface area contributed by atoms with E-state index in [-0.39, 0.29) is 0 Å². The van der Waals surface area contributed by atoms with E-state index >= 15 is 0 Å². The number of hydrogen-bond acceptors (Lipinski definition) is 2. The van der Waals surface area contributed by atoms with E-state index in [2.05, 4.69) is 32.2 Å². The number of hydrogen-bond donors (Lipinski definition) is 1. The van der Waals surface area contributed by atoms with Gasteiger partial charge in [0.25, 0.3) is 0 Å². The number of H-pyrrole nitrogens is 1. The number of rotatable bonds is 2. The molecule has 1 N–H and O–H groups in total. The van der Waals surface area contributed by atoms with Crippen molar-refractivity contribution >= 4 is 26.8 Å². The molecule has 18 heavy (non-hydrogen) atoms. The summed E-state index contributed by atoms with van der Waals surface area (Å²) in [6.45, 7) is 0. The lowest BCUT2D eigenvalue weighted by Crippen LogP contribution is -1.83. The molecule has 0 fully saturated rings. The van der Waals surface area contributed by atoms with Gasteiger partial charge in [-0.3, -0.25) is 5.10 Å². The fraction of sp³-hybridized carbons (Fsp3) is 0.0714. The van der Waals surface area contributed by atoms with Crippen LogP contribution in [0.3, 0.4) is 0 Å². The maximum Gasteiger partial charge on any atom is 0.118 e. The van der Waals surface area contributed by atoms with E-state index in [0.717, 1.165) is 32.4 Å². The Labute approximate surface area is 113 Å². The number of ether oxygens (including phenoxy) is 1. The Balaban J connectivity index is 2.13. The molecule has 3 aromatic rings. The number of aromatic amines is 1. The highest BCUT2D eigenvalue weighted by atomic mass is 79.9. The molecule has 0 amide bonds. The maximum absolute atomic E-state index is 5.16. The third kappa shape index (κ3) is 1.88. The van der Waals surface area contributed by atoms with E-state index in [1.807, 2.05) is 36.4 Å². The molecule has 0 saturated carbocycles. The molecule has 4 heteroatoms. The summed E-state index contributed by atoms with van der Waals surface area (Å²) in [7, 11) is 1.66. The first kappa shape index (κ1) is 11.3. The first-order chi connectivity index (χ1) is 8.78. The largest absolute Gasteiger partial charge is 0.497 e. The predicted octanol–water partition coefficient (Wildman–Crippen LogP) is 4.00. The molecule has 0 aliphatic carbocycles. The molecule has 3 nitrogen and oxygen atoms in total. The second-order valence-electron chi connectivity index (χ2n) is 3.99. The zero-order chi connectivity index (χ0) is 12.5. The number of benzene rings is 2. The van der Waals surface area contributed by atoms with Crippen molar-refractivity contribution in [2.24, 2.45) is 0 Å². The van der Waals surface area contributed by atoms with Gasteiger partial charge in [-0.1, -0.05) is 15.9 Å². The second-order valence-corrected chi connectivity index (χ2v) is 4.91. The molecular weight excluding hydrogens is 292 g/mol. The van der Waals surface area contributed by atoms with Gasteiger partial charge in [-0.05, 0) is 42.5 Å². The Hall–Kier alpha value is -1.81. The average Bonchev–Trinajstić information content (AvgIpc) is 2.81. The summed E-state index contributed by atoms with van der Waals surface area (Å²) < 4.78 is 6.20. The number of aromatic nitrogens is 2. The molecule has 0 aliphatic heterocycles. The van der Waals surface area contributed by atoms with Crippen LogP contribution in [0.5, 0.6) is 5.75 Å². The number of halogens is 1. The summed E-state index contributed by atoms with van der Waals surface area (Å²) >= 11 is 3.45. The first-order valence-electron chi connectivity index (χ1n) is 5.56. The fourth-order valence-electron chi connectivity index (χ4n) is 1.96. The molecule has 0 radical (unpaired) electrons. The van der Waals surface area contributed by atoms with Crippen LogP contribution in [-0.4, -0.2) is 17.3 Å². The van der Waals surface area contributed by atoms with Gasteiger partial charge in [0.2, 0.25) is 0 Å². The van der Waals surface area contributed by atoms with E-state index < -0.39 is 0 Å². The molecule has 2 aromatic carbocycles. The van der Waals surface area contributed by atoms with Crippen molar-refractivity contribution in [3.05, 3.63) is 46.9 Å². The van der Waals surface area contributed by atoms with Crippen LogP contribution in [0.1, 0.15) is 0 Å². The minimum Gasteiger partial charge on any atom is -0.497 e. The van der Waals surface area contributed by atoms with Crippen LogP contribution in [0.4, 0.5) is 0 Å². The zero-order valence-electron chi connectivity index (χ0n) is 9.77. The van der Waals surface area contributed by atoms with Crippen LogP contribution in [0, 0.1) is 0 Å². The van der Waals surface area contributed by atoms with Crippen LogP contribution in [0.2, 0.25) is 0 Å². The SMILES string of the molecule is COc1ccc(-c2n[nH]c3cc(Br)ccc23)cc1. The lowest BCUT2D eigenvalue weighted by Gasteiger charge is -2.01. The van der Waals surface area contributed by atoms with Gasteiger partial charge in [0.05, 0.1) is 18.3 Å². The summed E-state index contributed by atoms with van der Waals surface area (Å²) in [5.41, 5.74) is 3.06. The van der Waals surface area contributed by atoms with Crippen LogP contribution >= 0.6 is 15.9 Å².